The van der Waals surface area contributed by atoms with E-state index in [1.54, 1.807) is 6.26 Å². The summed E-state index contributed by atoms with van der Waals surface area (Å²) in [5.41, 5.74) is 0.990. The van der Waals surface area contributed by atoms with Gasteiger partial charge in [0, 0.05) is 51.9 Å². The third-order valence-corrected chi connectivity index (χ3v) is 5.79. The van der Waals surface area contributed by atoms with E-state index < -0.39 is 0 Å². The molecule has 9 heteroatoms. The predicted octanol–water partition coefficient (Wildman–Crippen LogP) is 1.32. The topological polar surface area (TPSA) is 87.6 Å². The molecule has 152 valence electrons. The number of aliphatic imine (C=N–C) groups is 1. The number of hydrogen-bond acceptors (Lipinski definition) is 6. The predicted molar refractivity (Wildman–Crippen MR) is 106 cm³/mol. The number of piperazine rings is 1. The summed E-state index contributed by atoms with van der Waals surface area (Å²) in [5.74, 6) is 2.82. The zero-order valence-corrected chi connectivity index (χ0v) is 16.8. The molecule has 1 saturated heterocycles. The molecular formula is C19H30N8O. The summed E-state index contributed by atoms with van der Waals surface area (Å²) in [6.45, 7) is 7.23. The lowest BCUT2D eigenvalue weighted by Gasteiger charge is -2.37. The van der Waals surface area contributed by atoms with Crippen LogP contribution >= 0.6 is 0 Å². The van der Waals surface area contributed by atoms with Crippen LogP contribution in [0.2, 0.25) is 0 Å². The summed E-state index contributed by atoms with van der Waals surface area (Å²) in [7, 11) is 1.99. The molecule has 2 fully saturated rings. The van der Waals surface area contributed by atoms with Crippen LogP contribution in [0.15, 0.2) is 21.8 Å². The van der Waals surface area contributed by atoms with Gasteiger partial charge in [0.05, 0.1) is 5.69 Å². The van der Waals surface area contributed by atoms with Crippen LogP contribution in [0.4, 0.5) is 0 Å². The van der Waals surface area contributed by atoms with Gasteiger partial charge in [0.2, 0.25) is 0 Å². The van der Waals surface area contributed by atoms with Crippen molar-refractivity contribution in [3.63, 3.8) is 0 Å². The van der Waals surface area contributed by atoms with Crippen LogP contribution in [0, 0.1) is 6.92 Å². The van der Waals surface area contributed by atoms with E-state index in [2.05, 4.69) is 30.5 Å². The van der Waals surface area contributed by atoms with Gasteiger partial charge in [0.15, 0.2) is 11.8 Å². The number of guanidine groups is 1. The Hall–Kier alpha value is -2.42. The van der Waals surface area contributed by atoms with Gasteiger partial charge in [-0.05, 0) is 19.8 Å². The fraction of sp³-hybridized carbons (Fsp3) is 0.684. The molecule has 0 bridgehead atoms. The molecule has 3 heterocycles. The minimum absolute atomic E-state index is 0.535. The average molecular weight is 387 g/mol. The first kappa shape index (κ1) is 18.9. The van der Waals surface area contributed by atoms with Crippen molar-refractivity contribution in [3.8, 4) is 0 Å². The molecule has 0 amide bonds. The largest absolute Gasteiger partial charge is 0.364 e. The van der Waals surface area contributed by atoms with Crippen molar-refractivity contribution in [1.82, 2.24) is 35.0 Å². The molecule has 1 aliphatic heterocycles. The third kappa shape index (κ3) is 4.52. The summed E-state index contributed by atoms with van der Waals surface area (Å²) >= 11 is 0. The number of aromatic nitrogens is 4. The van der Waals surface area contributed by atoms with Crippen molar-refractivity contribution in [2.24, 2.45) is 12.0 Å². The Balaban J connectivity index is 1.40. The Morgan fingerprint density at radius 2 is 2.00 bits per heavy atom. The number of nitrogens with zero attached hydrogens (tertiary/aromatic N) is 7. The van der Waals surface area contributed by atoms with Crippen LogP contribution in [-0.4, -0.2) is 67.9 Å². The molecule has 9 nitrogen and oxygen atoms in total. The van der Waals surface area contributed by atoms with Gasteiger partial charge in [-0.3, -0.25) is 4.90 Å². The van der Waals surface area contributed by atoms with Gasteiger partial charge in [-0.25, -0.2) is 4.99 Å². The van der Waals surface area contributed by atoms with Crippen molar-refractivity contribution in [2.75, 3.05) is 26.2 Å². The van der Waals surface area contributed by atoms with Crippen molar-refractivity contribution in [3.05, 3.63) is 29.7 Å². The van der Waals surface area contributed by atoms with E-state index in [0.717, 1.165) is 56.0 Å². The molecule has 2 aromatic rings. The molecule has 0 unspecified atom stereocenters. The summed E-state index contributed by atoms with van der Waals surface area (Å²) in [6.07, 6.45) is 6.70. The molecule has 4 rings (SSSR count). The van der Waals surface area contributed by atoms with Crippen LogP contribution in [0.1, 0.15) is 43.0 Å². The Kier molecular flexibility index (Phi) is 5.90. The van der Waals surface area contributed by atoms with Crippen molar-refractivity contribution in [2.45, 2.75) is 51.7 Å². The van der Waals surface area contributed by atoms with Crippen LogP contribution in [0.25, 0.3) is 0 Å². The van der Waals surface area contributed by atoms with Crippen LogP contribution < -0.4 is 5.32 Å². The van der Waals surface area contributed by atoms with E-state index in [0.29, 0.717) is 12.6 Å². The SMILES string of the molecule is Cc1nnc(CN=C(NC2CCCC2)N2CCN(Cc3ccon3)CC2)n1C. The van der Waals surface area contributed by atoms with Gasteiger partial charge >= 0.3 is 0 Å². The second-order valence-corrected chi connectivity index (χ2v) is 7.74. The molecule has 0 spiro atoms. The summed E-state index contributed by atoms with van der Waals surface area (Å²) in [4.78, 5) is 9.70. The number of nitrogens with one attached hydrogen (secondary N) is 1. The first-order valence-electron chi connectivity index (χ1n) is 10.2. The van der Waals surface area contributed by atoms with Gasteiger partial charge in [-0.1, -0.05) is 18.0 Å². The minimum Gasteiger partial charge on any atom is -0.364 e. The first-order chi connectivity index (χ1) is 13.7. The van der Waals surface area contributed by atoms with Crippen LogP contribution in [-0.2, 0) is 20.1 Å². The van der Waals surface area contributed by atoms with E-state index in [4.69, 9.17) is 9.52 Å². The quantitative estimate of drug-likeness (QED) is 0.612. The molecule has 2 aromatic heterocycles. The Bertz CT molecular complexity index is 770. The van der Waals surface area contributed by atoms with E-state index in [9.17, 15) is 0 Å². The fourth-order valence-electron chi connectivity index (χ4n) is 3.89. The highest BCUT2D eigenvalue weighted by atomic mass is 16.5. The lowest BCUT2D eigenvalue weighted by Crippen LogP contribution is -2.53. The molecule has 0 radical (unpaired) electrons. The van der Waals surface area contributed by atoms with Gasteiger partial charge in [0.1, 0.15) is 18.6 Å². The van der Waals surface area contributed by atoms with Crippen LogP contribution in [0.5, 0.6) is 0 Å². The van der Waals surface area contributed by atoms with Gasteiger partial charge in [0.25, 0.3) is 0 Å². The zero-order valence-electron chi connectivity index (χ0n) is 16.8. The maximum Gasteiger partial charge on any atom is 0.194 e. The Morgan fingerprint density at radius 1 is 1.21 bits per heavy atom. The highest BCUT2D eigenvalue weighted by molar-refractivity contribution is 5.80. The maximum atomic E-state index is 4.95. The lowest BCUT2D eigenvalue weighted by atomic mass is 10.2. The van der Waals surface area contributed by atoms with E-state index in [-0.39, 0.29) is 0 Å². The summed E-state index contributed by atoms with van der Waals surface area (Å²) in [5, 5.41) is 16.1. The maximum absolute atomic E-state index is 4.95. The van der Waals surface area contributed by atoms with Crippen molar-refractivity contribution < 1.29 is 4.52 Å². The minimum atomic E-state index is 0.535. The van der Waals surface area contributed by atoms with Crippen molar-refractivity contribution >= 4 is 5.96 Å². The standard InChI is InChI=1S/C19H30N8O/c1-15-22-23-18(25(15)2)13-20-19(21-16-5-3-4-6-16)27-10-8-26(9-11-27)14-17-7-12-28-24-17/h7,12,16H,3-6,8-11,13-14H2,1-2H3,(H,20,21). The van der Waals surface area contributed by atoms with Crippen molar-refractivity contribution in [1.29, 1.82) is 0 Å². The van der Waals surface area contributed by atoms with Crippen LogP contribution in [0.3, 0.4) is 0 Å². The second kappa shape index (κ2) is 8.72. The lowest BCUT2D eigenvalue weighted by molar-refractivity contribution is 0.168. The number of rotatable bonds is 5. The third-order valence-electron chi connectivity index (χ3n) is 5.79. The van der Waals surface area contributed by atoms with E-state index in [1.807, 2.05) is 24.6 Å². The molecule has 1 aliphatic carbocycles. The second-order valence-electron chi connectivity index (χ2n) is 7.74. The molecular weight excluding hydrogens is 356 g/mol. The monoisotopic (exact) mass is 386 g/mol. The first-order valence-corrected chi connectivity index (χ1v) is 10.2. The highest BCUT2D eigenvalue weighted by Gasteiger charge is 2.24. The zero-order chi connectivity index (χ0) is 19.3. The van der Waals surface area contributed by atoms with Gasteiger partial charge < -0.3 is 19.3 Å². The molecule has 1 saturated carbocycles. The number of hydrogen-bond donors (Lipinski definition) is 1. The molecule has 1 N–H and O–H groups in total. The van der Waals surface area contributed by atoms with E-state index in [1.165, 1.54) is 25.7 Å². The molecule has 0 aromatic carbocycles. The highest BCUT2D eigenvalue weighted by Crippen LogP contribution is 2.18. The average Bonchev–Trinajstić information content (AvgIpc) is 3.46. The smallest absolute Gasteiger partial charge is 0.194 e. The normalized spacial score (nSPS) is 19.5. The fourth-order valence-corrected chi connectivity index (χ4v) is 3.89. The Morgan fingerprint density at radius 3 is 2.64 bits per heavy atom. The number of aryl methyl sites for hydroxylation is 1. The summed E-state index contributed by atoms with van der Waals surface area (Å²) < 4.78 is 6.95. The van der Waals surface area contributed by atoms with Gasteiger partial charge in [-0.15, -0.1) is 10.2 Å². The van der Waals surface area contributed by atoms with Gasteiger partial charge in [-0.2, -0.15) is 0 Å². The summed E-state index contributed by atoms with van der Waals surface area (Å²) in [6, 6.07) is 2.47. The van der Waals surface area contributed by atoms with E-state index >= 15 is 0 Å². The Labute approximate surface area is 165 Å². The molecule has 2 aliphatic rings. The molecule has 28 heavy (non-hydrogen) atoms. The molecule has 0 atom stereocenters.